The Hall–Kier alpha value is -3.62. The first-order chi connectivity index (χ1) is 16.0. The Morgan fingerprint density at radius 2 is 1.97 bits per heavy atom. The number of rotatable bonds is 7. The Bertz CT molecular complexity index is 1090. The zero-order valence-corrected chi connectivity index (χ0v) is 19.4. The first-order valence-electron chi connectivity index (χ1n) is 11.4. The molecule has 1 atom stereocenters. The molecule has 0 amide bonds. The summed E-state index contributed by atoms with van der Waals surface area (Å²) in [6, 6.07) is 7.17. The number of pyridine rings is 2. The third kappa shape index (κ3) is 4.92. The van der Waals surface area contributed by atoms with Crippen LogP contribution in [0.25, 0.3) is 11.3 Å². The van der Waals surface area contributed by atoms with E-state index in [4.69, 9.17) is 9.97 Å². The molecule has 0 radical (unpaired) electrons. The maximum absolute atomic E-state index is 10.2. The van der Waals surface area contributed by atoms with Gasteiger partial charge in [-0.2, -0.15) is 4.98 Å². The molecule has 9 heteroatoms. The van der Waals surface area contributed by atoms with Crippen molar-refractivity contribution in [3.63, 3.8) is 0 Å². The molecule has 2 N–H and O–H groups in total. The van der Waals surface area contributed by atoms with Gasteiger partial charge in [-0.05, 0) is 38.5 Å². The van der Waals surface area contributed by atoms with Crippen LogP contribution in [0.1, 0.15) is 27.2 Å². The molecule has 0 bridgehead atoms. The van der Waals surface area contributed by atoms with Crippen LogP contribution in [-0.2, 0) is 0 Å². The monoisotopic (exact) mass is 449 g/mol. The standard InChI is InChI=1S/C24H31N7O2/c1-4-9-29(5-2)24-27-20(18-12-19(32)15-25-14-18)13-22(28-24)31-11-10-30(16-17(31)3)23-21(33)7-6-8-26-23/h6-8,12-15,17,32-33H,4-5,9-11,16H2,1-3H3. The van der Waals surface area contributed by atoms with Gasteiger partial charge >= 0.3 is 0 Å². The second-order valence-electron chi connectivity index (χ2n) is 8.26. The number of hydrogen-bond acceptors (Lipinski definition) is 9. The van der Waals surface area contributed by atoms with Crippen LogP contribution in [0.4, 0.5) is 17.6 Å². The molecule has 174 valence electrons. The summed E-state index contributed by atoms with van der Waals surface area (Å²) < 4.78 is 0. The van der Waals surface area contributed by atoms with E-state index in [1.165, 1.54) is 6.20 Å². The molecule has 0 saturated carbocycles. The van der Waals surface area contributed by atoms with Gasteiger partial charge in [0.25, 0.3) is 0 Å². The Morgan fingerprint density at radius 3 is 2.67 bits per heavy atom. The van der Waals surface area contributed by atoms with Crippen molar-refractivity contribution in [2.24, 2.45) is 0 Å². The molecule has 4 rings (SSSR count). The molecule has 4 heterocycles. The summed E-state index contributed by atoms with van der Waals surface area (Å²) in [5.74, 6) is 2.42. The average Bonchev–Trinajstić information content (AvgIpc) is 2.82. The van der Waals surface area contributed by atoms with Crippen LogP contribution in [-0.4, -0.2) is 68.9 Å². The zero-order valence-electron chi connectivity index (χ0n) is 19.4. The summed E-state index contributed by atoms with van der Waals surface area (Å²) in [6.07, 6.45) is 5.81. The largest absolute Gasteiger partial charge is 0.506 e. The predicted octanol–water partition coefficient (Wildman–Crippen LogP) is 3.30. The molecule has 3 aromatic rings. The van der Waals surface area contributed by atoms with Gasteiger partial charge in [0.15, 0.2) is 11.6 Å². The van der Waals surface area contributed by atoms with Gasteiger partial charge in [0.1, 0.15) is 11.6 Å². The fraction of sp³-hybridized carbons (Fsp3) is 0.417. The van der Waals surface area contributed by atoms with Gasteiger partial charge in [-0.25, -0.2) is 9.97 Å². The van der Waals surface area contributed by atoms with Crippen molar-refractivity contribution < 1.29 is 10.2 Å². The van der Waals surface area contributed by atoms with Crippen molar-refractivity contribution in [3.8, 4) is 22.8 Å². The lowest BCUT2D eigenvalue weighted by molar-refractivity contribution is 0.464. The highest BCUT2D eigenvalue weighted by atomic mass is 16.3. The van der Waals surface area contributed by atoms with Crippen molar-refractivity contribution >= 4 is 17.6 Å². The van der Waals surface area contributed by atoms with E-state index in [0.717, 1.165) is 43.1 Å². The molecule has 1 aliphatic rings. The summed E-state index contributed by atoms with van der Waals surface area (Å²) in [6.45, 7) is 10.2. The second-order valence-corrected chi connectivity index (χ2v) is 8.26. The van der Waals surface area contributed by atoms with Crippen LogP contribution in [0.15, 0.2) is 42.9 Å². The number of piperazine rings is 1. The molecule has 3 aromatic heterocycles. The smallest absolute Gasteiger partial charge is 0.227 e. The van der Waals surface area contributed by atoms with E-state index in [9.17, 15) is 10.2 Å². The molecule has 1 unspecified atom stereocenters. The molecule has 0 aromatic carbocycles. The molecule has 1 fully saturated rings. The highest BCUT2D eigenvalue weighted by Crippen LogP contribution is 2.30. The van der Waals surface area contributed by atoms with E-state index in [1.54, 1.807) is 30.6 Å². The third-order valence-electron chi connectivity index (χ3n) is 5.87. The molecular formula is C24H31N7O2. The minimum atomic E-state index is 0.104. The summed E-state index contributed by atoms with van der Waals surface area (Å²) in [7, 11) is 0. The van der Waals surface area contributed by atoms with Crippen molar-refractivity contribution in [2.75, 3.05) is 47.4 Å². The number of aromatic nitrogens is 4. The van der Waals surface area contributed by atoms with Crippen LogP contribution in [0, 0.1) is 0 Å². The lowest BCUT2D eigenvalue weighted by atomic mass is 10.1. The number of anilines is 3. The van der Waals surface area contributed by atoms with Crippen molar-refractivity contribution in [1.82, 2.24) is 19.9 Å². The van der Waals surface area contributed by atoms with E-state index < -0.39 is 0 Å². The maximum Gasteiger partial charge on any atom is 0.227 e. The maximum atomic E-state index is 10.2. The normalized spacial score (nSPS) is 16.2. The second kappa shape index (κ2) is 9.89. The van der Waals surface area contributed by atoms with Gasteiger partial charge in [-0.3, -0.25) is 4.98 Å². The third-order valence-corrected chi connectivity index (χ3v) is 5.87. The predicted molar refractivity (Wildman–Crippen MR) is 130 cm³/mol. The summed E-state index contributed by atoms with van der Waals surface area (Å²) in [4.78, 5) is 24.8. The molecule has 9 nitrogen and oxygen atoms in total. The lowest BCUT2D eigenvalue weighted by Crippen LogP contribution is -2.52. The minimum Gasteiger partial charge on any atom is -0.506 e. The summed E-state index contributed by atoms with van der Waals surface area (Å²) in [5.41, 5.74) is 1.47. The van der Waals surface area contributed by atoms with E-state index in [-0.39, 0.29) is 17.5 Å². The zero-order chi connectivity index (χ0) is 23.4. The van der Waals surface area contributed by atoms with E-state index in [2.05, 4.69) is 45.4 Å². The molecule has 1 aliphatic heterocycles. The van der Waals surface area contributed by atoms with Crippen LogP contribution in [0.3, 0.4) is 0 Å². The number of hydrogen-bond donors (Lipinski definition) is 2. The first-order valence-corrected chi connectivity index (χ1v) is 11.4. The van der Waals surface area contributed by atoms with Gasteiger partial charge in [-0.15, -0.1) is 0 Å². The average molecular weight is 450 g/mol. The van der Waals surface area contributed by atoms with Crippen LogP contribution >= 0.6 is 0 Å². The van der Waals surface area contributed by atoms with Crippen molar-refractivity contribution in [3.05, 3.63) is 42.9 Å². The Labute approximate surface area is 194 Å². The van der Waals surface area contributed by atoms with Crippen LogP contribution < -0.4 is 14.7 Å². The van der Waals surface area contributed by atoms with Crippen molar-refractivity contribution in [1.29, 1.82) is 0 Å². The quantitative estimate of drug-likeness (QED) is 0.562. The molecule has 0 aliphatic carbocycles. The number of aromatic hydroxyl groups is 2. The molecular weight excluding hydrogens is 418 g/mol. The number of nitrogens with zero attached hydrogens (tertiary/aromatic N) is 7. The molecule has 33 heavy (non-hydrogen) atoms. The van der Waals surface area contributed by atoms with Gasteiger partial charge in [0.2, 0.25) is 5.95 Å². The summed E-state index contributed by atoms with van der Waals surface area (Å²) in [5, 5.41) is 20.2. The summed E-state index contributed by atoms with van der Waals surface area (Å²) >= 11 is 0. The molecule has 1 saturated heterocycles. The van der Waals surface area contributed by atoms with Gasteiger partial charge in [-0.1, -0.05) is 6.92 Å². The Kier molecular flexibility index (Phi) is 6.76. The van der Waals surface area contributed by atoms with E-state index in [1.807, 2.05) is 6.07 Å². The highest BCUT2D eigenvalue weighted by Gasteiger charge is 2.28. The van der Waals surface area contributed by atoms with E-state index >= 15 is 0 Å². The lowest BCUT2D eigenvalue weighted by Gasteiger charge is -2.41. The minimum absolute atomic E-state index is 0.104. The van der Waals surface area contributed by atoms with Crippen LogP contribution in [0.5, 0.6) is 11.5 Å². The Balaban J connectivity index is 1.67. The molecule has 0 spiro atoms. The SMILES string of the molecule is CCCN(CC)c1nc(-c2cncc(O)c2)cc(N2CCN(c3ncccc3O)CC2C)n1. The van der Waals surface area contributed by atoms with Crippen molar-refractivity contribution in [2.45, 2.75) is 33.2 Å². The fourth-order valence-electron chi connectivity index (χ4n) is 4.22. The van der Waals surface area contributed by atoms with Crippen LogP contribution in [0.2, 0.25) is 0 Å². The highest BCUT2D eigenvalue weighted by molar-refractivity contribution is 5.66. The topological polar surface area (TPSA) is 102 Å². The van der Waals surface area contributed by atoms with Gasteiger partial charge in [0, 0.05) is 62.8 Å². The fourth-order valence-corrected chi connectivity index (χ4v) is 4.22. The van der Waals surface area contributed by atoms with Gasteiger partial charge < -0.3 is 24.9 Å². The Morgan fingerprint density at radius 1 is 1.12 bits per heavy atom. The van der Waals surface area contributed by atoms with E-state index in [0.29, 0.717) is 24.9 Å². The first kappa shape index (κ1) is 22.6. The van der Waals surface area contributed by atoms with Gasteiger partial charge in [0.05, 0.1) is 11.9 Å².